The number of piperidine rings is 1. The topological polar surface area (TPSA) is 76.6 Å². The van der Waals surface area contributed by atoms with E-state index in [-0.39, 0.29) is 18.1 Å². The van der Waals surface area contributed by atoms with Gasteiger partial charge in [-0.15, -0.1) is 0 Å². The van der Waals surface area contributed by atoms with Gasteiger partial charge in [-0.25, -0.2) is 9.97 Å². The van der Waals surface area contributed by atoms with Crippen LogP contribution >= 0.6 is 0 Å². The molecule has 7 heteroatoms. The molecule has 3 rings (SSSR count). The predicted molar refractivity (Wildman–Crippen MR) is 80.5 cm³/mol. The first-order chi connectivity index (χ1) is 10.8. The molecule has 0 unspecified atom stereocenters. The monoisotopic (exact) mass is 306 g/mol. The van der Waals surface area contributed by atoms with E-state index in [0.717, 1.165) is 31.7 Å². The van der Waals surface area contributed by atoms with Gasteiger partial charge < -0.3 is 19.7 Å². The Morgan fingerprint density at radius 3 is 3.27 bits per heavy atom. The summed E-state index contributed by atoms with van der Waals surface area (Å²) in [4.78, 5) is 22.5. The number of anilines is 1. The molecule has 2 fully saturated rings. The molecule has 120 valence electrons. The number of fused-ring (bicyclic) bond motifs is 1. The Bertz CT molecular complexity index is 499. The molecule has 3 heterocycles. The Kier molecular flexibility index (Phi) is 4.84. The van der Waals surface area contributed by atoms with Gasteiger partial charge in [0.15, 0.2) is 0 Å². The number of amides is 1. The first-order valence-corrected chi connectivity index (χ1v) is 7.71. The number of methoxy groups -OCH3 is 1. The Morgan fingerprint density at radius 2 is 2.50 bits per heavy atom. The number of hydrogen-bond acceptors (Lipinski definition) is 6. The fourth-order valence-electron chi connectivity index (χ4n) is 3.17. The largest absolute Gasteiger partial charge is 0.383 e. The quantitative estimate of drug-likeness (QED) is 0.785. The number of nitrogens with one attached hydrogen (secondary N) is 1. The van der Waals surface area contributed by atoms with E-state index in [1.54, 1.807) is 19.6 Å². The lowest BCUT2D eigenvalue weighted by Crippen LogP contribution is -2.43. The molecule has 1 aromatic heterocycles. The van der Waals surface area contributed by atoms with Crippen LogP contribution in [0.15, 0.2) is 18.6 Å². The number of nitrogens with zero attached hydrogens (tertiary/aromatic N) is 3. The van der Waals surface area contributed by atoms with Crippen LogP contribution in [0.3, 0.4) is 0 Å². The summed E-state index contributed by atoms with van der Waals surface area (Å²) in [6, 6.07) is 1.91. The highest BCUT2D eigenvalue weighted by Crippen LogP contribution is 2.34. The van der Waals surface area contributed by atoms with Gasteiger partial charge in [0.05, 0.1) is 12.7 Å². The highest BCUT2D eigenvalue weighted by molar-refractivity contribution is 5.81. The molecule has 0 saturated carbocycles. The number of aromatic nitrogens is 2. The number of carbonyl (C=O) groups is 1. The molecule has 7 nitrogen and oxygen atoms in total. The highest BCUT2D eigenvalue weighted by atomic mass is 16.5. The van der Waals surface area contributed by atoms with Crippen molar-refractivity contribution in [2.45, 2.75) is 25.0 Å². The summed E-state index contributed by atoms with van der Waals surface area (Å²) in [5.74, 6) is 1.35. The maximum Gasteiger partial charge on any atom is 0.249 e. The van der Waals surface area contributed by atoms with Crippen LogP contribution < -0.4 is 10.2 Å². The van der Waals surface area contributed by atoms with Gasteiger partial charge in [0.2, 0.25) is 5.91 Å². The fourth-order valence-corrected chi connectivity index (χ4v) is 3.17. The van der Waals surface area contributed by atoms with Gasteiger partial charge in [0, 0.05) is 32.9 Å². The van der Waals surface area contributed by atoms with Crippen LogP contribution in [-0.4, -0.2) is 61.4 Å². The van der Waals surface area contributed by atoms with Crippen molar-refractivity contribution in [1.29, 1.82) is 0 Å². The van der Waals surface area contributed by atoms with Gasteiger partial charge in [-0.1, -0.05) is 0 Å². The average Bonchev–Trinajstić information content (AvgIpc) is 2.99. The van der Waals surface area contributed by atoms with Crippen LogP contribution in [0, 0.1) is 5.92 Å². The van der Waals surface area contributed by atoms with E-state index in [4.69, 9.17) is 9.47 Å². The molecule has 1 aromatic rings. The summed E-state index contributed by atoms with van der Waals surface area (Å²) in [6.45, 7) is 2.77. The molecule has 22 heavy (non-hydrogen) atoms. The Balaban J connectivity index is 1.54. The van der Waals surface area contributed by atoms with Crippen LogP contribution in [-0.2, 0) is 14.3 Å². The third-order valence-corrected chi connectivity index (χ3v) is 4.34. The number of ether oxygens (including phenoxy) is 2. The maximum atomic E-state index is 12.1. The highest BCUT2D eigenvalue weighted by Gasteiger charge is 2.41. The molecular weight excluding hydrogens is 284 g/mol. The van der Waals surface area contributed by atoms with E-state index >= 15 is 0 Å². The van der Waals surface area contributed by atoms with Gasteiger partial charge in [-0.05, 0) is 24.8 Å². The maximum absolute atomic E-state index is 12.1. The van der Waals surface area contributed by atoms with E-state index in [1.165, 1.54) is 0 Å². The molecule has 3 atom stereocenters. The molecule has 2 aliphatic rings. The first kappa shape index (κ1) is 15.2. The van der Waals surface area contributed by atoms with Crippen molar-refractivity contribution < 1.29 is 14.3 Å². The number of hydrogen-bond donors (Lipinski definition) is 1. The molecule has 2 aliphatic heterocycles. The van der Waals surface area contributed by atoms with Gasteiger partial charge in [-0.3, -0.25) is 4.79 Å². The van der Waals surface area contributed by atoms with E-state index in [9.17, 15) is 4.79 Å². The lowest BCUT2D eigenvalue weighted by Gasteiger charge is -2.34. The minimum absolute atomic E-state index is 0.0277. The van der Waals surface area contributed by atoms with Crippen LogP contribution in [0.2, 0.25) is 0 Å². The second-order valence-corrected chi connectivity index (χ2v) is 5.75. The smallest absolute Gasteiger partial charge is 0.249 e. The third-order valence-electron chi connectivity index (χ3n) is 4.34. The molecule has 1 amide bonds. The SMILES string of the molecule is COCCNC(=O)[C@@H]1C[C@H]2CCN(c3ccncn3)C[C@@H]2O1. The van der Waals surface area contributed by atoms with Crippen LogP contribution in [0.5, 0.6) is 0 Å². The Labute approximate surface area is 130 Å². The summed E-state index contributed by atoms with van der Waals surface area (Å²) in [5, 5.41) is 2.85. The average molecular weight is 306 g/mol. The molecule has 0 spiro atoms. The van der Waals surface area contributed by atoms with Crippen LogP contribution in [0.25, 0.3) is 0 Å². The summed E-state index contributed by atoms with van der Waals surface area (Å²) in [5.41, 5.74) is 0. The van der Waals surface area contributed by atoms with E-state index < -0.39 is 0 Å². The zero-order valence-electron chi connectivity index (χ0n) is 12.8. The second-order valence-electron chi connectivity index (χ2n) is 5.75. The van der Waals surface area contributed by atoms with Crippen molar-refractivity contribution in [3.05, 3.63) is 18.6 Å². The summed E-state index contributed by atoms with van der Waals surface area (Å²) >= 11 is 0. The van der Waals surface area contributed by atoms with Gasteiger partial charge in [0.25, 0.3) is 0 Å². The van der Waals surface area contributed by atoms with E-state index in [1.807, 2.05) is 6.07 Å². The third kappa shape index (κ3) is 3.36. The van der Waals surface area contributed by atoms with Crippen molar-refractivity contribution in [3.8, 4) is 0 Å². The number of rotatable bonds is 5. The van der Waals surface area contributed by atoms with E-state index in [0.29, 0.717) is 19.1 Å². The van der Waals surface area contributed by atoms with Crippen molar-refractivity contribution >= 4 is 11.7 Å². The molecule has 1 N–H and O–H groups in total. The molecule has 0 aromatic carbocycles. The molecule has 0 radical (unpaired) electrons. The standard InChI is InChI=1S/C15H22N4O3/c1-21-7-5-17-15(20)12-8-11-3-6-19(9-13(11)22-12)14-2-4-16-10-18-14/h2,4,10-13H,3,5-9H2,1H3,(H,17,20)/t11-,12+,13+/m1/s1. The minimum atomic E-state index is -0.336. The predicted octanol–water partition coefficient (Wildman–Crippen LogP) is 0.223. The van der Waals surface area contributed by atoms with Gasteiger partial charge >= 0.3 is 0 Å². The van der Waals surface area contributed by atoms with Crippen molar-refractivity contribution in [1.82, 2.24) is 15.3 Å². The van der Waals surface area contributed by atoms with Crippen molar-refractivity contribution in [2.24, 2.45) is 5.92 Å². The lowest BCUT2D eigenvalue weighted by molar-refractivity contribution is -0.132. The minimum Gasteiger partial charge on any atom is -0.383 e. The molecule has 0 bridgehead atoms. The Hall–Kier alpha value is -1.73. The van der Waals surface area contributed by atoms with Gasteiger partial charge in [0.1, 0.15) is 18.2 Å². The molecule has 0 aliphatic carbocycles. The van der Waals surface area contributed by atoms with Gasteiger partial charge in [-0.2, -0.15) is 0 Å². The molecular formula is C15H22N4O3. The van der Waals surface area contributed by atoms with Crippen molar-refractivity contribution in [2.75, 3.05) is 38.3 Å². The summed E-state index contributed by atoms with van der Waals surface area (Å²) < 4.78 is 10.9. The fraction of sp³-hybridized carbons (Fsp3) is 0.667. The summed E-state index contributed by atoms with van der Waals surface area (Å²) in [7, 11) is 1.62. The molecule has 2 saturated heterocycles. The van der Waals surface area contributed by atoms with Crippen LogP contribution in [0.1, 0.15) is 12.8 Å². The zero-order valence-corrected chi connectivity index (χ0v) is 12.8. The first-order valence-electron chi connectivity index (χ1n) is 7.71. The van der Waals surface area contributed by atoms with E-state index in [2.05, 4.69) is 20.2 Å². The zero-order chi connectivity index (χ0) is 15.4. The second kappa shape index (κ2) is 7.02. The summed E-state index contributed by atoms with van der Waals surface area (Å²) in [6.07, 6.45) is 4.90. The van der Waals surface area contributed by atoms with Crippen LogP contribution in [0.4, 0.5) is 5.82 Å². The Morgan fingerprint density at radius 1 is 1.59 bits per heavy atom. The normalized spacial score (nSPS) is 27.5. The lowest BCUT2D eigenvalue weighted by atomic mass is 9.91. The van der Waals surface area contributed by atoms with Crippen molar-refractivity contribution in [3.63, 3.8) is 0 Å². The number of carbonyl (C=O) groups excluding carboxylic acids is 1.